The average molecular weight is 324 g/mol. The summed E-state index contributed by atoms with van der Waals surface area (Å²) in [5, 5.41) is 0. The van der Waals surface area contributed by atoms with E-state index in [1.807, 2.05) is 0 Å². The first-order valence-corrected chi connectivity index (χ1v) is 6.17. The summed E-state index contributed by atoms with van der Waals surface area (Å²) in [5.41, 5.74) is 5.91. The smallest absolute Gasteiger partial charge is 0.289 e. The van der Waals surface area contributed by atoms with Crippen molar-refractivity contribution in [1.82, 2.24) is 4.90 Å². The van der Waals surface area contributed by atoms with Gasteiger partial charge < -0.3 is 15.1 Å². The van der Waals surface area contributed by atoms with Crippen LogP contribution in [-0.2, 0) is 0 Å². The van der Waals surface area contributed by atoms with Crippen molar-refractivity contribution in [3.63, 3.8) is 0 Å². The lowest BCUT2D eigenvalue weighted by molar-refractivity contribution is 0.0631. The van der Waals surface area contributed by atoms with Crippen molar-refractivity contribution in [2.75, 3.05) is 13.1 Å². The lowest BCUT2D eigenvalue weighted by atomic mass is 9.95. The lowest BCUT2D eigenvalue weighted by Crippen LogP contribution is -2.48. The van der Waals surface area contributed by atoms with Gasteiger partial charge in [0.15, 0.2) is 10.4 Å². The number of piperidine rings is 1. The first kappa shape index (κ1) is 14.5. The first-order chi connectivity index (χ1) is 7.58. The Morgan fingerprint density at radius 1 is 1.59 bits per heavy atom. The highest BCUT2D eigenvalue weighted by molar-refractivity contribution is 9.10. The average Bonchev–Trinajstić information content (AvgIpc) is 2.68. The van der Waals surface area contributed by atoms with Gasteiger partial charge in [-0.1, -0.05) is 6.92 Å². The number of nitrogens with two attached hydrogens (primary N) is 1. The molecule has 17 heavy (non-hydrogen) atoms. The zero-order valence-corrected chi connectivity index (χ0v) is 12.0. The second kappa shape index (κ2) is 5.89. The number of hydrogen-bond acceptors (Lipinski definition) is 3. The van der Waals surface area contributed by atoms with Gasteiger partial charge in [0.2, 0.25) is 0 Å². The summed E-state index contributed by atoms with van der Waals surface area (Å²) in [5.74, 6) is 0.676. The topological polar surface area (TPSA) is 59.5 Å². The number of amides is 1. The van der Waals surface area contributed by atoms with Gasteiger partial charge in [-0.05, 0) is 40.4 Å². The molecule has 0 spiro atoms. The van der Waals surface area contributed by atoms with Gasteiger partial charge >= 0.3 is 0 Å². The quantitative estimate of drug-likeness (QED) is 0.862. The molecule has 0 bridgehead atoms. The molecular formula is C11H16BrClN2O2. The summed E-state index contributed by atoms with van der Waals surface area (Å²) < 4.78 is 5.84. The maximum Gasteiger partial charge on any atom is 0.289 e. The SMILES string of the molecule is CC1CN(C(=O)c2ccc(Br)o2)CCC1N.Cl. The van der Waals surface area contributed by atoms with Gasteiger partial charge in [0, 0.05) is 19.1 Å². The molecule has 0 saturated carbocycles. The van der Waals surface area contributed by atoms with Crippen LogP contribution in [-0.4, -0.2) is 29.9 Å². The molecule has 1 amide bonds. The molecular weight excluding hydrogens is 307 g/mol. The summed E-state index contributed by atoms with van der Waals surface area (Å²) in [6, 6.07) is 3.62. The Morgan fingerprint density at radius 2 is 2.29 bits per heavy atom. The molecule has 1 aromatic rings. The Hall–Kier alpha value is -0.520. The van der Waals surface area contributed by atoms with E-state index in [0.29, 0.717) is 29.4 Å². The minimum atomic E-state index is -0.0514. The van der Waals surface area contributed by atoms with Crippen LogP contribution in [0.25, 0.3) is 0 Å². The molecule has 1 aromatic heterocycles. The van der Waals surface area contributed by atoms with Crippen LogP contribution in [0.3, 0.4) is 0 Å². The zero-order valence-electron chi connectivity index (χ0n) is 9.56. The highest BCUT2D eigenvalue weighted by atomic mass is 79.9. The zero-order chi connectivity index (χ0) is 11.7. The lowest BCUT2D eigenvalue weighted by Gasteiger charge is -2.34. The molecule has 2 atom stereocenters. The molecule has 0 aromatic carbocycles. The molecule has 6 heteroatoms. The Morgan fingerprint density at radius 3 is 2.82 bits per heavy atom. The predicted octanol–water partition coefficient (Wildman–Crippen LogP) is 2.27. The Balaban J connectivity index is 0.00000144. The van der Waals surface area contributed by atoms with Crippen molar-refractivity contribution >= 4 is 34.2 Å². The van der Waals surface area contributed by atoms with Crippen LogP contribution in [0.5, 0.6) is 0 Å². The van der Waals surface area contributed by atoms with Gasteiger partial charge in [-0.15, -0.1) is 12.4 Å². The van der Waals surface area contributed by atoms with Gasteiger partial charge in [0.25, 0.3) is 5.91 Å². The van der Waals surface area contributed by atoms with Gasteiger partial charge in [0.1, 0.15) is 0 Å². The third-order valence-corrected chi connectivity index (χ3v) is 3.47. The summed E-state index contributed by atoms with van der Waals surface area (Å²) >= 11 is 3.19. The van der Waals surface area contributed by atoms with E-state index in [1.54, 1.807) is 17.0 Å². The Kier molecular flexibility index (Phi) is 5.04. The molecule has 2 unspecified atom stereocenters. The number of nitrogens with zero attached hydrogens (tertiary/aromatic N) is 1. The van der Waals surface area contributed by atoms with Crippen LogP contribution in [0, 0.1) is 5.92 Å². The molecule has 1 saturated heterocycles. The van der Waals surface area contributed by atoms with Gasteiger partial charge in [-0.25, -0.2) is 0 Å². The maximum atomic E-state index is 12.0. The molecule has 0 radical (unpaired) electrons. The molecule has 2 heterocycles. The minimum absolute atomic E-state index is 0. The first-order valence-electron chi connectivity index (χ1n) is 5.38. The van der Waals surface area contributed by atoms with Crippen LogP contribution >= 0.6 is 28.3 Å². The highest BCUT2D eigenvalue weighted by Crippen LogP contribution is 2.20. The van der Waals surface area contributed by atoms with Gasteiger partial charge in [-0.3, -0.25) is 4.79 Å². The van der Waals surface area contributed by atoms with E-state index in [1.165, 1.54) is 0 Å². The number of carbonyl (C=O) groups excluding carboxylic acids is 1. The summed E-state index contributed by atoms with van der Waals surface area (Å²) in [4.78, 5) is 13.8. The molecule has 96 valence electrons. The number of hydrogen-bond donors (Lipinski definition) is 1. The van der Waals surface area contributed by atoms with Crippen LogP contribution in [0.1, 0.15) is 23.9 Å². The number of halogens is 2. The second-order valence-corrected chi connectivity index (χ2v) is 5.07. The van der Waals surface area contributed by atoms with Crippen LogP contribution < -0.4 is 5.73 Å². The highest BCUT2D eigenvalue weighted by Gasteiger charge is 2.28. The minimum Gasteiger partial charge on any atom is -0.444 e. The molecule has 1 aliphatic rings. The van der Waals surface area contributed by atoms with Crippen molar-refractivity contribution in [3.05, 3.63) is 22.6 Å². The van der Waals surface area contributed by atoms with Crippen molar-refractivity contribution in [2.24, 2.45) is 11.7 Å². The third kappa shape index (κ3) is 3.24. The molecule has 4 nitrogen and oxygen atoms in total. The fourth-order valence-corrected chi connectivity index (χ4v) is 2.24. The van der Waals surface area contributed by atoms with Crippen molar-refractivity contribution in [2.45, 2.75) is 19.4 Å². The van der Waals surface area contributed by atoms with E-state index in [0.717, 1.165) is 6.42 Å². The van der Waals surface area contributed by atoms with E-state index >= 15 is 0 Å². The molecule has 2 N–H and O–H groups in total. The molecule has 1 aliphatic heterocycles. The Bertz CT molecular complexity index is 397. The van der Waals surface area contributed by atoms with Crippen LogP contribution in [0.2, 0.25) is 0 Å². The van der Waals surface area contributed by atoms with Crippen molar-refractivity contribution < 1.29 is 9.21 Å². The number of furan rings is 1. The molecule has 2 rings (SSSR count). The van der Waals surface area contributed by atoms with Crippen molar-refractivity contribution in [3.8, 4) is 0 Å². The van der Waals surface area contributed by atoms with Crippen LogP contribution in [0.4, 0.5) is 0 Å². The van der Waals surface area contributed by atoms with E-state index in [-0.39, 0.29) is 24.4 Å². The number of likely N-dealkylation sites (tertiary alicyclic amines) is 1. The summed E-state index contributed by atoms with van der Waals surface area (Å²) in [7, 11) is 0. The normalized spacial score (nSPS) is 24.3. The van der Waals surface area contributed by atoms with Crippen molar-refractivity contribution in [1.29, 1.82) is 0 Å². The fourth-order valence-electron chi connectivity index (χ4n) is 1.93. The summed E-state index contributed by atoms with van der Waals surface area (Å²) in [6.07, 6.45) is 0.856. The summed E-state index contributed by atoms with van der Waals surface area (Å²) in [6.45, 7) is 3.49. The third-order valence-electron chi connectivity index (χ3n) is 3.04. The predicted molar refractivity (Wildman–Crippen MR) is 71.3 cm³/mol. The van der Waals surface area contributed by atoms with E-state index in [4.69, 9.17) is 10.2 Å². The Labute approximate surface area is 115 Å². The standard InChI is InChI=1S/C11H15BrN2O2.ClH/c1-7-6-14(5-4-8(7)13)11(15)9-2-3-10(12)16-9;/h2-3,7-8H,4-6,13H2,1H3;1H. The monoisotopic (exact) mass is 322 g/mol. The van der Waals surface area contributed by atoms with E-state index in [2.05, 4.69) is 22.9 Å². The number of rotatable bonds is 1. The maximum absolute atomic E-state index is 12.0. The van der Waals surface area contributed by atoms with Gasteiger partial charge in [-0.2, -0.15) is 0 Å². The number of carbonyl (C=O) groups is 1. The van der Waals surface area contributed by atoms with Crippen LogP contribution in [0.15, 0.2) is 21.2 Å². The van der Waals surface area contributed by atoms with E-state index < -0.39 is 0 Å². The largest absolute Gasteiger partial charge is 0.444 e. The second-order valence-electron chi connectivity index (χ2n) is 4.28. The fraction of sp³-hybridized carbons (Fsp3) is 0.545. The molecule has 0 aliphatic carbocycles. The van der Waals surface area contributed by atoms with E-state index in [9.17, 15) is 4.79 Å². The molecule has 1 fully saturated rings. The van der Waals surface area contributed by atoms with Gasteiger partial charge in [0.05, 0.1) is 0 Å².